The zero-order chi connectivity index (χ0) is 23.3. The van der Waals surface area contributed by atoms with Gasteiger partial charge >= 0.3 is 0 Å². The van der Waals surface area contributed by atoms with Gasteiger partial charge in [-0.05, 0) is 74.6 Å². The number of halogens is 2. The third kappa shape index (κ3) is 6.31. The molecular formula is C25H30BrFN2O3. The number of benzene rings is 2. The highest BCUT2D eigenvalue weighted by atomic mass is 79.9. The molecule has 0 radical (unpaired) electrons. The van der Waals surface area contributed by atoms with Gasteiger partial charge in [-0.3, -0.25) is 9.59 Å². The number of rotatable bonds is 8. The molecule has 1 aliphatic carbocycles. The van der Waals surface area contributed by atoms with Gasteiger partial charge in [-0.1, -0.05) is 40.9 Å². The number of aryl methyl sites for hydroxylation is 2. The normalized spacial score (nSPS) is 14.8. The van der Waals surface area contributed by atoms with Gasteiger partial charge in [0.25, 0.3) is 5.91 Å². The van der Waals surface area contributed by atoms with Crippen molar-refractivity contribution in [3.63, 3.8) is 0 Å². The van der Waals surface area contributed by atoms with E-state index in [0.29, 0.717) is 5.75 Å². The van der Waals surface area contributed by atoms with Crippen molar-refractivity contribution in [2.75, 3.05) is 6.61 Å². The molecule has 3 rings (SSSR count). The quantitative estimate of drug-likeness (QED) is 0.546. The van der Waals surface area contributed by atoms with Crippen LogP contribution in [-0.4, -0.2) is 35.4 Å². The first-order valence-electron chi connectivity index (χ1n) is 11.0. The van der Waals surface area contributed by atoms with E-state index in [1.807, 2.05) is 26.0 Å². The summed E-state index contributed by atoms with van der Waals surface area (Å²) < 4.78 is 20.1. The average molecular weight is 505 g/mol. The van der Waals surface area contributed by atoms with E-state index in [4.69, 9.17) is 4.74 Å². The summed E-state index contributed by atoms with van der Waals surface area (Å²) in [5.74, 6) is -0.228. The Balaban J connectivity index is 1.73. The Labute approximate surface area is 197 Å². The molecule has 5 nitrogen and oxygen atoms in total. The molecule has 2 aromatic rings. The van der Waals surface area contributed by atoms with Gasteiger partial charge in [-0.15, -0.1) is 0 Å². The summed E-state index contributed by atoms with van der Waals surface area (Å²) >= 11 is 3.53. The Bertz CT molecular complexity index is 935. The second-order valence-electron chi connectivity index (χ2n) is 8.47. The van der Waals surface area contributed by atoms with E-state index in [1.165, 1.54) is 17.0 Å². The van der Waals surface area contributed by atoms with Crippen LogP contribution in [0.25, 0.3) is 0 Å². The first kappa shape index (κ1) is 24.2. The molecule has 0 aromatic heterocycles. The number of ether oxygens (including phenoxy) is 1. The van der Waals surface area contributed by atoms with Gasteiger partial charge in [0.05, 0.1) is 0 Å². The van der Waals surface area contributed by atoms with Crippen molar-refractivity contribution in [1.29, 1.82) is 0 Å². The Morgan fingerprint density at radius 1 is 1.16 bits per heavy atom. The minimum Gasteiger partial charge on any atom is -0.484 e. The monoisotopic (exact) mass is 504 g/mol. The number of hydrogen-bond acceptors (Lipinski definition) is 3. The maximum Gasteiger partial charge on any atom is 0.261 e. The molecule has 1 N–H and O–H groups in total. The van der Waals surface area contributed by atoms with Gasteiger partial charge in [-0.25, -0.2) is 4.39 Å². The molecule has 172 valence electrons. The standard InChI is InChI=1S/C25H30BrFN2O3/c1-16-12-22(13-17(2)24(16)26)32-15-23(30)29(14-19-8-10-20(27)11-9-19)18(3)25(31)28-21-6-4-5-7-21/h8-13,18,21H,4-7,14-15H2,1-3H3,(H,28,31)/t18-/m0/s1. The second-order valence-corrected chi connectivity index (χ2v) is 9.27. The van der Waals surface area contributed by atoms with Crippen molar-refractivity contribution in [3.05, 3.63) is 63.4 Å². The summed E-state index contributed by atoms with van der Waals surface area (Å²) in [6.07, 6.45) is 4.15. The molecule has 32 heavy (non-hydrogen) atoms. The predicted octanol–water partition coefficient (Wildman–Crippen LogP) is 5.06. The predicted molar refractivity (Wildman–Crippen MR) is 126 cm³/mol. The third-order valence-electron chi connectivity index (χ3n) is 5.91. The van der Waals surface area contributed by atoms with Crippen LogP contribution in [0.4, 0.5) is 4.39 Å². The molecule has 1 saturated carbocycles. The number of carbonyl (C=O) groups is 2. The van der Waals surface area contributed by atoms with Crippen LogP contribution >= 0.6 is 15.9 Å². The van der Waals surface area contributed by atoms with Crippen LogP contribution in [0.1, 0.15) is 49.3 Å². The first-order valence-corrected chi connectivity index (χ1v) is 11.8. The Hall–Kier alpha value is -2.41. The summed E-state index contributed by atoms with van der Waals surface area (Å²) in [6.45, 7) is 5.65. The van der Waals surface area contributed by atoms with E-state index in [0.717, 1.165) is 46.8 Å². The maximum absolute atomic E-state index is 13.3. The highest BCUT2D eigenvalue weighted by Crippen LogP contribution is 2.26. The first-order chi connectivity index (χ1) is 15.2. The zero-order valence-electron chi connectivity index (χ0n) is 18.8. The molecule has 1 fully saturated rings. The minimum absolute atomic E-state index is 0.165. The van der Waals surface area contributed by atoms with Gasteiger partial charge < -0.3 is 15.0 Å². The molecular weight excluding hydrogens is 475 g/mol. The minimum atomic E-state index is -0.676. The second kappa shape index (κ2) is 10.9. The van der Waals surface area contributed by atoms with Crippen LogP contribution in [0.15, 0.2) is 40.9 Å². The van der Waals surface area contributed by atoms with Crippen molar-refractivity contribution in [2.24, 2.45) is 0 Å². The maximum atomic E-state index is 13.3. The number of amides is 2. The fourth-order valence-corrected chi connectivity index (χ4v) is 4.21. The fourth-order valence-electron chi connectivity index (χ4n) is 3.98. The van der Waals surface area contributed by atoms with E-state index >= 15 is 0 Å². The van der Waals surface area contributed by atoms with E-state index in [2.05, 4.69) is 21.2 Å². The van der Waals surface area contributed by atoms with Crippen LogP contribution in [0.5, 0.6) is 5.75 Å². The molecule has 1 aliphatic rings. The lowest BCUT2D eigenvalue weighted by molar-refractivity contribution is -0.142. The fraction of sp³-hybridized carbons (Fsp3) is 0.440. The summed E-state index contributed by atoms with van der Waals surface area (Å²) in [5, 5.41) is 3.06. The number of nitrogens with zero attached hydrogens (tertiary/aromatic N) is 1. The largest absolute Gasteiger partial charge is 0.484 e. The van der Waals surface area contributed by atoms with Gasteiger partial charge in [0.1, 0.15) is 17.6 Å². The lowest BCUT2D eigenvalue weighted by Crippen LogP contribution is -2.50. The van der Waals surface area contributed by atoms with Crippen molar-refractivity contribution in [1.82, 2.24) is 10.2 Å². The molecule has 0 aliphatic heterocycles. The smallest absolute Gasteiger partial charge is 0.261 e. The van der Waals surface area contributed by atoms with Crippen LogP contribution in [-0.2, 0) is 16.1 Å². The molecule has 7 heteroatoms. The Kier molecular flexibility index (Phi) is 8.29. The summed E-state index contributed by atoms with van der Waals surface area (Å²) in [4.78, 5) is 27.5. The third-order valence-corrected chi connectivity index (χ3v) is 7.16. The molecule has 0 unspecified atom stereocenters. The molecule has 1 atom stereocenters. The topological polar surface area (TPSA) is 58.6 Å². The van der Waals surface area contributed by atoms with Crippen molar-refractivity contribution < 1.29 is 18.7 Å². The molecule has 0 spiro atoms. The van der Waals surface area contributed by atoms with E-state index < -0.39 is 6.04 Å². The van der Waals surface area contributed by atoms with Crippen molar-refractivity contribution in [3.8, 4) is 5.75 Å². The summed E-state index contributed by atoms with van der Waals surface area (Å²) in [6, 6.07) is 9.17. The van der Waals surface area contributed by atoms with Crippen molar-refractivity contribution >= 4 is 27.7 Å². The molecule has 2 aromatic carbocycles. The Morgan fingerprint density at radius 2 is 1.75 bits per heavy atom. The summed E-state index contributed by atoms with van der Waals surface area (Å²) in [7, 11) is 0. The molecule has 0 saturated heterocycles. The number of carbonyl (C=O) groups excluding carboxylic acids is 2. The van der Waals surface area contributed by atoms with Crippen molar-refractivity contribution in [2.45, 2.75) is 65.1 Å². The lowest BCUT2D eigenvalue weighted by Gasteiger charge is -2.29. The molecule has 0 bridgehead atoms. The van der Waals surface area contributed by atoms with Crippen LogP contribution in [0.3, 0.4) is 0 Å². The molecule has 2 amide bonds. The highest BCUT2D eigenvalue weighted by molar-refractivity contribution is 9.10. The Morgan fingerprint density at radius 3 is 2.34 bits per heavy atom. The van der Waals surface area contributed by atoms with E-state index in [1.54, 1.807) is 19.1 Å². The SMILES string of the molecule is Cc1cc(OCC(=O)N(Cc2ccc(F)cc2)[C@@H](C)C(=O)NC2CCCC2)cc(C)c1Br. The van der Waals surface area contributed by atoms with Gasteiger partial charge in [0.2, 0.25) is 5.91 Å². The van der Waals surface area contributed by atoms with Gasteiger partial charge in [-0.2, -0.15) is 0 Å². The van der Waals surface area contributed by atoms with Crippen LogP contribution in [0, 0.1) is 19.7 Å². The molecule has 0 heterocycles. The number of nitrogens with one attached hydrogen (secondary N) is 1. The lowest BCUT2D eigenvalue weighted by atomic mass is 10.1. The van der Waals surface area contributed by atoms with Gasteiger partial charge in [0.15, 0.2) is 6.61 Å². The van der Waals surface area contributed by atoms with E-state index in [9.17, 15) is 14.0 Å². The highest BCUT2D eigenvalue weighted by Gasteiger charge is 2.28. The zero-order valence-corrected chi connectivity index (χ0v) is 20.4. The summed E-state index contributed by atoms with van der Waals surface area (Å²) in [5.41, 5.74) is 2.77. The van der Waals surface area contributed by atoms with Gasteiger partial charge in [0, 0.05) is 17.1 Å². The van der Waals surface area contributed by atoms with Crippen LogP contribution in [0.2, 0.25) is 0 Å². The van der Waals surface area contributed by atoms with E-state index in [-0.39, 0.29) is 36.8 Å². The van der Waals surface area contributed by atoms with Crippen LogP contribution < -0.4 is 10.1 Å². The number of hydrogen-bond donors (Lipinski definition) is 1. The average Bonchev–Trinajstić information content (AvgIpc) is 3.27.